The zero-order valence-corrected chi connectivity index (χ0v) is 13.0. The van der Waals surface area contributed by atoms with Gasteiger partial charge in [-0.25, -0.2) is 0 Å². The Bertz CT molecular complexity index is 420. The molecule has 1 unspecified atom stereocenters. The lowest BCUT2D eigenvalue weighted by molar-refractivity contribution is 0.110. The van der Waals surface area contributed by atoms with Gasteiger partial charge in [-0.05, 0) is 59.2 Å². The standard InChI is InChI=1S/C16H28N4/c1-14(2)20-12-15(10-17-20)11-18-7-5-6-16(13-18)19-8-3-4-9-19/h10,12,14,16H,3-9,11,13H2,1-2H3. The molecule has 3 rings (SSSR count). The van der Waals surface area contributed by atoms with Gasteiger partial charge in [0.1, 0.15) is 0 Å². The summed E-state index contributed by atoms with van der Waals surface area (Å²) in [4.78, 5) is 5.33. The number of piperidine rings is 1. The largest absolute Gasteiger partial charge is 0.299 e. The van der Waals surface area contributed by atoms with Crippen LogP contribution in [0.4, 0.5) is 0 Å². The van der Waals surface area contributed by atoms with Gasteiger partial charge in [0, 0.05) is 36.9 Å². The number of likely N-dealkylation sites (tertiary alicyclic amines) is 2. The summed E-state index contributed by atoms with van der Waals surface area (Å²) >= 11 is 0. The Morgan fingerprint density at radius 2 is 2.00 bits per heavy atom. The van der Waals surface area contributed by atoms with Crippen LogP contribution in [0.15, 0.2) is 12.4 Å². The quantitative estimate of drug-likeness (QED) is 0.844. The van der Waals surface area contributed by atoms with E-state index in [-0.39, 0.29) is 0 Å². The molecule has 4 nitrogen and oxygen atoms in total. The highest BCUT2D eigenvalue weighted by Crippen LogP contribution is 2.21. The minimum Gasteiger partial charge on any atom is -0.299 e. The van der Waals surface area contributed by atoms with Crippen molar-refractivity contribution >= 4 is 0 Å². The molecule has 0 N–H and O–H groups in total. The predicted molar refractivity (Wildman–Crippen MR) is 81.7 cm³/mol. The van der Waals surface area contributed by atoms with Crippen LogP contribution in [-0.2, 0) is 6.54 Å². The molecule has 0 saturated carbocycles. The van der Waals surface area contributed by atoms with Crippen LogP contribution in [0.3, 0.4) is 0 Å². The molecule has 112 valence electrons. The molecule has 0 aliphatic carbocycles. The van der Waals surface area contributed by atoms with Gasteiger partial charge in [-0.1, -0.05) is 0 Å². The van der Waals surface area contributed by atoms with E-state index in [0.29, 0.717) is 6.04 Å². The van der Waals surface area contributed by atoms with Crippen LogP contribution in [0, 0.1) is 0 Å². The summed E-state index contributed by atoms with van der Waals surface area (Å²) < 4.78 is 2.07. The molecule has 0 bridgehead atoms. The second-order valence-electron chi connectivity index (χ2n) is 6.70. The third kappa shape index (κ3) is 3.23. The van der Waals surface area contributed by atoms with Crippen molar-refractivity contribution < 1.29 is 0 Å². The van der Waals surface area contributed by atoms with Crippen LogP contribution in [0.2, 0.25) is 0 Å². The highest BCUT2D eigenvalue weighted by Gasteiger charge is 2.27. The summed E-state index contributed by atoms with van der Waals surface area (Å²) in [6.45, 7) is 10.6. The smallest absolute Gasteiger partial charge is 0.0534 e. The van der Waals surface area contributed by atoms with Gasteiger partial charge in [0.15, 0.2) is 0 Å². The van der Waals surface area contributed by atoms with Gasteiger partial charge in [0.25, 0.3) is 0 Å². The van der Waals surface area contributed by atoms with E-state index in [9.17, 15) is 0 Å². The zero-order chi connectivity index (χ0) is 13.9. The van der Waals surface area contributed by atoms with Crippen LogP contribution >= 0.6 is 0 Å². The monoisotopic (exact) mass is 276 g/mol. The van der Waals surface area contributed by atoms with E-state index in [1.165, 1.54) is 57.4 Å². The molecule has 20 heavy (non-hydrogen) atoms. The van der Waals surface area contributed by atoms with E-state index in [4.69, 9.17) is 0 Å². The van der Waals surface area contributed by atoms with Gasteiger partial charge in [0.2, 0.25) is 0 Å². The van der Waals surface area contributed by atoms with Crippen molar-refractivity contribution in [3.8, 4) is 0 Å². The summed E-state index contributed by atoms with van der Waals surface area (Å²) in [6.07, 6.45) is 9.79. The fourth-order valence-electron chi connectivity index (χ4n) is 3.58. The number of aromatic nitrogens is 2. The molecule has 2 saturated heterocycles. The molecule has 1 aromatic heterocycles. The maximum Gasteiger partial charge on any atom is 0.0534 e. The van der Waals surface area contributed by atoms with Crippen LogP contribution in [0.1, 0.15) is 51.1 Å². The fraction of sp³-hybridized carbons (Fsp3) is 0.812. The molecule has 0 spiro atoms. The Labute approximate surface area is 122 Å². The average Bonchev–Trinajstić information content (AvgIpc) is 3.10. The zero-order valence-electron chi connectivity index (χ0n) is 13.0. The Balaban J connectivity index is 1.56. The van der Waals surface area contributed by atoms with Crippen molar-refractivity contribution in [1.29, 1.82) is 0 Å². The molecular formula is C16H28N4. The van der Waals surface area contributed by atoms with Crippen LogP contribution in [0.5, 0.6) is 0 Å². The van der Waals surface area contributed by atoms with E-state index in [1.54, 1.807) is 0 Å². The molecule has 2 aliphatic rings. The Kier molecular flexibility index (Phi) is 4.41. The topological polar surface area (TPSA) is 24.3 Å². The van der Waals surface area contributed by atoms with E-state index < -0.39 is 0 Å². The van der Waals surface area contributed by atoms with Crippen LogP contribution in [0.25, 0.3) is 0 Å². The van der Waals surface area contributed by atoms with E-state index >= 15 is 0 Å². The lowest BCUT2D eigenvalue weighted by Crippen LogP contribution is -2.46. The fourth-order valence-corrected chi connectivity index (χ4v) is 3.58. The summed E-state index contributed by atoms with van der Waals surface area (Å²) in [5.74, 6) is 0. The number of rotatable bonds is 4. The van der Waals surface area contributed by atoms with E-state index in [2.05, 4.69) is 39.6 Å². The third-order valence-electron chi connectivity index (χ3n) is 4.73. The first-order valence-corrected chi connectivity index (χ1v) is 8.22. The molecule has 2 fully saturated rings. The van der Waals surface area contributed by atoms with Gasteiger partial charge < -0.3 is 0 Å². The first kappa shape index (κ1) is 14.1. The maximum absolute atomic E-state index is 4.46. The van der Waals surface area contributed by atoms with Gasteiger partial charge >= 0.3 is 0 Å². The van der Waals surface area contributed by atoms with Crippen molar-refractivity contribution in [1.82, 2.24) is 19.6 Å². The highest BCUT2D eigenvalue weighted by molar-refractivity contribution is 5.04. The lowest BCUT2D eigenvalue weighted by Gasteiger charge is -2.37. The minimum absolute atomic E-state index is 0.461. The van der Waals surface area contributed by atoms with Crippen LogP contribution < -0.4 is 0 Å². The molecule has 1 aromatic rings. The summed E-state index contributed by atoms with van der Waals surface area (Å²) in [5.41, 5.74) is 1.36. The minimum atomic E-state index is 0.461. The van der Waals surface area contributed by atoms with Crippen molar-refractivity contribution in [2.75, 3.05) is 26.2 Å². The average molecular weight is 276 g/mol. The summed E-state index contributed by atoms with van der Waals surface area (Å²) in [6, 6.07) is 1.26. The van der Waals surface area contributed by atoms with Crippen molar-refractivity contribution in [3.63, 3.8) is 0 Å². The van der Waals surface area contributed by atoms with Crippen LogP contribution in [-0.4, -0.2) is 51.8 Å². The molecule has 2 aliphatic heterocycles. The molecule has 0 aromatic carbocycles. The van der Waals surface area contributed by atoms with E-state index in [0.717, 1.165) is 12.6 Å². The van der Waals surface area contributed by atoms with Crippen molar-refractivity contribution in [3.05, 3.63) is 18.0 Å². The number of nitrogens with zero attached hydrogens (tertiary/aromatic N) is 4. The lowest BCUT2D eigenvalue weighted by atomic mass is 10.0. The van der Waals surface area contributed by atoms with Crippen molar-refractivity contribution in [2.24, 2.45) is 0 Å². The molecule has 1 atom stereocenters. The predicted octanol–water partition coefficient (Wildman–Crippen LogP) is 2.52. The second-order valence-corrected chi connectivity index (χ2v) is 6.70. The SMILES string of the molecule is CC(C)n1cc(CN2CCCC(N3CCCC3)C2)cn1. The number of hydrogen-bond donors (Lipinski definition) is 0. The van der Waals surface area contributed by atoms with Gasteiger partial charge in [-0.3, -0.25) is 14.5 Å². The van der Waals surface area contributed by atoms with Gasteiger partial charge in [-0.2, -0.15) is 5.10 Å². The molecule has 3 heterocycles. The third-order valence-corrected chi connectivity index (χ3v) is 4.73. The first-order chi connectivity index (χ1) is 9.72. The van der Waals surface area contributed by atoms with Crippen molar-refractivity contribution in [2.45, 2.75) is 58.2 Å². The van der Waals surface area contributed by atoms with Gasteiger partial charge in [-0.15, -0.1) is 0 Å². The first-order valence-electron chi connectivity index (χ1n) is 8.22. The van der Waals surface area contributed by atoms with Gasteiger partial charge in [0.05, 0.1) is 6.20 Å². The summed E-state index contributed by atoms with van der Waals surface area (Å²) in [7, 11) is 0. The molecule has 0 amide bonds. The highest BCUT2D eigenvalue weighted by atomic mass is 15.3. The molecule has 0 radical (unpaired) electrons. The summed E-state index contributed by atoms with van der Waals surface area (Å²) in [5, 5.41) is 4.46. The van der Waals surface area contributed by atoms with E-state index in [1.807, 2.05) is 6.20 Å². The maximum atomic E-state index is 4.46. The normalized spacial score (nSPS) is 25.6. The second kappa shape index (κ2) is 6.27. The Morgan fingerprint density at radius 1 is 1.20 bits per heavy atom. The Morgan fingerprint density at radius 3 is 2.70 bits per heavy atom. The Hall–Kier alpha value is -0.870. The molecule has 4 heteroatoms. The molecular weight excluding hydrogens is 248 g/mol. The number of hydrogen-bond acceptors (Lipinski definition) is 3.